The van der Waals surface area contributed by atoms with Crippen LogP contribution >= 0.6 is 11.8 Å². The van der Waals surface area contributed by atoms with Gasteiger partial charge in [-0.2, -0.15) is 0 Å². The molecule has 0 saturated heterocycles. The highest BCUT2D eigenvalue weighted by Crippen LogP contribution is 2.19. The number of nitrogens with one attached hydrogen (secondary N) is 1. The van der Waals surface area contributed by atoms with Gasteiger partial charge in [-0.05, 0) is 37.8 Å². The fourth-order valence-electron chi connectivity index (χ4n) is 1.71. The number of aromatic nitrogens is 1. The van der Waals surface area contributed by atoms with Gasteiger partial charge in [-0.15, -0.1) is 11.8 Å². The van der Waals surface area contributed by atoms with Crippen LogP contribution in [0.2, 0.25) is 0 Å². The average molecular weight is 276 g/mol. The van der Waals surface area contributed by atoms with Gasteiger partial charge in [0, 0.05) is 11.0 Å². The molecule has 2 rings (SSSR count). The second-order valence-corrected chi connectivity index (χ2v) is 5.18. The van der Waals surface area contributed by atoms with Crippen molar-refractivity contribution in [3.8, 4) is 0 Å². The van der Waals surface area contributed by atoms with Crippen molar-refractivity contribution >= 4 is 17.7 Å². The van der Waals surface area contributed by atoms with E-state index >= 15 is 0 Å². The lowest BCUT2D eigenvalue weighted by atomic mass is 10.1. The fraction of sp³-hybridized carbons (Fsp3) is 0.286. The van der Waals surface area contributed by atoms with Gasteiger partial charge in [0.15, 0.2) is 0 Å². The Morgan fingerprint density at radius 3 is 2.58 bits per heavy atom. The van der Waals surface area contributed by atoms with Crippen molar-refractivity contribution in [1.82, 2.24) is 10.5 Å². The Labute approximate surface area is 116 Å². The predicted molar refractivity (Wildman–Crippen MR) is 75.3 cm³/mol. The number of benzene rings is 1. The van der Waals surface area contributed by atoms with E-state index in [2.05, 4.69) is 10.5 Å². The van der Waals surface area contributed by atoms with Gasteiger partial charge in [0.2, 0.25) is 5.76 Å². The zero-order valence-electron chi connectivity index (χ0n) is 11.1. The molecule has 1 amide bonds. The molecular formula is C14H16N2O2S. The van der Waals surface area contributed by atoms with Gasteiger partial charge in [-0.1, -0.05) is 17.3 Å². The molecule has 2 aromatic rings. The lowest BCUT2D eigenvalue weighted by Crippen LogP contribution is -2.26. The Balaban J connectivity index is 2.03. The van der Waals surface area contributed by atoms with Crippen molar-refractivity contribution in [2.45, 2.75) is 24.8 Å². The number of carbonyl (C=O) groups is 1. The molecule has 1 aromatic carbocycles. The molecule has 0 saturated carbocycles. The quantitative estimate of drug-likeness (QED) is 0.871. The highest BCUT2D eigenvalue weighted by molar-refractivity contribution is 7.98. The van der Waals surface area contributed by atoms with E-state index in [1.54, 1.807) is 24.8 Å². The maximum Gasteiger partial charge on any atom is 0.290 e. The number of hydrogen-bond donors (Lipinski definition) is 1. The third kappa shape index (κ3) is 3.38. The van der Waals surface area contributed by atoms with Crippen molar-refractivity contribution in [2.75, 3.05) is 6.26 Å². The Hall–Kier alpha value is -1.75. The van der Waals surface area contributed by atoms with Crippen LogP contribution in [0.3, 0.4) is 0 Å². The first-order valence-corrected chi connectivity index (χ1v) is 7.20. The maximum absolute atomic E-state index is 11.9. The summed E-state index contributed by atoms with van der Waals surface area (Å²) in [6, 6.07) is 9.67. The van der Waals surface area contributed by atoms with Crippen molar-refractivity contribution in [3.63, 3.8) is 0 Å². The van der Waals surface area contributed by atoms with E-state index in [0.717, 1.165) is 5.56 Å². The molecule has 0 spiro atoms. The molecule has 1 atom stereocenters. The molecule has 0 bridgehead atoms. The molecule has 0 aliphatic heterocycles. The third-order valence-corrected chi connectivity index (χ3v) is 3.56. The summed E-state index contributed by atoms with van der Waals surface area (Å²) in [6.45, 7) is 3.72. The van der Waals surface area contributed by atoms with E-state index in [9.17, 15) is 4.79 Å². The SMILES string of the molecule is CSc1ccc([C@@H](C)NC(=O)c2cc(C)no2)cc1. The first-order chi connectivity index (χ1) is 9.10. The third-order valence-electron chi connectivity index (χ3n) is 2.82. The molecule has 1 N–H and O–H groups in total. The predicted octanol–water partition coefficient (Wildman–Crippen LogP) is 3.20. The number of thioether (sulfide) groups is 1. The minimum atomic E-state index is -0.248. The van der Waals surface area contributed by atoms with Crippen molar-refractivity contribution < 1.29 is 9.32 Å². The van der Waals surface area contributed by atoms with Gasteiger partial charge >= 0.3 is 0 Å². The summed E-state index contributed by atoms with van der Waals surface area (Å²) in [5, 5.41) is 6.59. The Bertz CT molecular complexity index is 563. The summed E-state index contributed by atoms with van der Waals surface area (Å²) >= 11 is 1.69. The highest BCUT2D eigenvalue weighted by Gasteiger charge is 2.15. The normalized spacial score (nSPS) is 12.2. The van der Waals surface area contributed by atoms with Gasteiger partial charge in [0.1, 0.15) is 0 Å². The van der Waals surface area contributed by atoms with Crippen LogP contribution < -0.4 is 5.32 Å². The fourth-order valence-corrected chi connectivity index (χ4v) is 2.12. The van der Waals surface area contributed by atoms with E-state index in [-0.39, 0.29) is 17.7 Å². The number of rotatable bonds is 4. The molecule has 1 aromatic heterocycles. The van der Waals surface area contributed by atoms with Crippen molar-refractivity contribution in [3.05, 3.63) is 47.3 Å². The minimum absolute atomic E-state index is 0.0752. The molecule has 4 nitrogen and oxygen atoms in total. The monoisotopic (exact) mass is 276 g/mol. The van der Waals surface area contributed by atoms with Crippen molar-refractivity contribution in [1.29, 1.82) is 0 Å². The topological polar surface area (TPSA) is 55.1 Å². The summed E-state index contributed by atoms with van der Waals surface area (Å²) in [5.74, 6) is -0.00729. The van der Waals surface area contributed by atoms with E-state index in [1.807, 2.05) is 37.4 Å². The Kier molecular flexibility index (Phi) is 4.27. The summed E-state index contributed by atoms with van der Waals surface area (Å²) < 4.78 is 4.93. The molecule has 1 heterocycles. The van der Waals surface area contributed by atoms with E-state index in [4.69, 9.17) is 4.52 Å². The second-order valence-electron chi connectivity index (χ2n) is 4.30. The van der Waals surface area contributed by atoms with Crippen molar-refractivity contribution in [2.24, 2.45) is 0 Å². The molecule has 0 fully saturated rings. The van der Waals surface area contributed by atoms with Crippen LogP contribution in [0.5, 0.6) is 0 Å². The smallest absolute Gasteiger partial charge is 0.290 e. The molecular weight excluding hydrogens is 260 g/mol. The number of hydrogen-bond acceptors (Lipinski definition) is 4. The van der Waals surface area contributed by atoms with Gasteiger partial charge < -0.3 is 9.84 Å². The van der Waals surface area contributed by atoms with Crippen LogP contribution in [0.4, 0.5) is 0 Å². The zero-order chi connectivity index (χ0) is 13.8. The van der Waals surface area contributed by atoms with Crippen LogP contribution in [0.25, 0.3) is 0 Å². The second kappa shape index (κ2) is 5.93. The summed E-state index contributed by atoms with van der Waals surface area (Å²) in [6.07, 6.45) is 2.03. The van der Waals surface area contributed by atoms with Gasteiger partial charge in [0.05, 0.1) is 11.7 Å². The number of nitrogens with zero attached hydrogens (tertiary/aromatic N) is 1. The summed E-state index contributed by atoms with van der Waals surface area (Å²) in [7, 11) is 0. The van der Waals surface area contributed by atoms with Crippen LogP contribution in [0.1, 0.15) is 34.8 Å². The van der Waals surface area contributed by atoms with Crippen LogP contribution in [-0.4, -0.2) is 17.3 Å². The van der Waals surface area contributed by atoms with Gasteiger partial charge in [-0.25, -0.2) is 0 Å². The molecule has 0 aliphatic carbocycles. The van der Waals surface area contributed by atoms with E-state index < -0.39 is 0 Å². The molecule has 0 unspecified atom stereocenters. The molecule has 0 radical (unpaired) electrons. The minimum Gasteiger partial charge on any atom is -0.351 e. The van der Waals surface area contributed by atoms with E-state index in [0.29, 0.717) is 5.69 Å². The highest BCUT2D eigenvalue weighted by atomic mass is 32.2. The van der Waals surface area contributed by atoms with Crippen LogP contribution in [-0.2, 0) is 0 Å². The number of aryl methyl sites for hydroxylation is 1. The maximum atomic E-state index is 11.9. The lowest BCUT2D eigenvalue weighted by Gasteiger charge is -2.13. The Morgan fingerprint density at radius 2 is 2.05 bits per heavy atom. The largest absolute Gasteiger partial charge is 0.351 e. The van der Waals surface area contributed by atoms with Crippen LogP contribution in [0, 0.1) is 6.92 Å². The molecule has 5 heteroatoms. The Morgan fingerprint density at radius 1 is 1.37 bits per heavy atom. The van der Waals surface area contributed by atoms with E-state index in [1.165, 1.54) is 4.90 Å². The summed E-state index contributed by atoms with van der Waals surface area (Å²) in [5.41, 5.74) is 1.75. The number of amides is 1. The molecule has 0 aliphatic rings. The average Bonchev–Trinajstić information content (AvgIpc) is 2.85. The van der Waals surface area contributed by atoms with Gasteiger partial charge in [-0.3, -0.25) is 4.79 Å². The first-order valence-electron chi connectivity index (χ1n) is 5.98. The standard InChI is InChI=1S/C14H16N2O2S/c1-9-8-13(18-16-9)14(17)15-10(2)11-4-6-12(19-3)7-5-11/h4-8,10H,1-3H3,(H,15,17)/t10-/m1/s1. The number of carbonyl (C=O) groups excluding carboxylic acids is 1. The molecule has 19 heavy (non-hydrogen) atoms. The van der Waals surface area contributed by atoms with Gasteiger partial charge in [0.25, 0.3) is 5.91 Å². The lowest BCUT2D eigenvalue weighted by molar-refractivity contribution is 0.0902. The summed E-state index contributed by atoms with van der Waals surface area (Å²) in [4.78, 5) is 13.1. The molecule has 100 valence electrons. The van der Waals surface area contributed by atoms with Crippen LogP contribution in [0.15, 0.2) is 39.8 Å². The first kappa shape index (κ1) is 13.7. The zero-order valence-corrected chi connectivity index (χ0v) is 12.0.